The Labute approximate surface area is 72.2 Å². The highest BCUT2D eigenvalue weighted by Gasteiger charge is 1.99. The second-order valence-electron chi connectivity index (χ2n) is 2.46. The van der Waals surface area contributed by atoms with Crippen molar-refractivity contribution in [3.05, 3.63) is 34.9 Å². The lowest BCUT2D eigenvalue weighted by Crippen LogP contribution is -2.03. The Hall–Kier alpha value is -0.530. The van der Waals surface area contributed by atoms with E-state index in [1.54, 1.807) is 0 Å². The third-order valence-corrected chi connectivity index (χ3v) is 2.08. The van der Waals surface area contributed by atoms with Crippen LogP contribution in [0.2, 0.25) is 0 Å². The molecule has 0 unspecified atom stereocenters. The first-order chi connectivity index (χ1) is 5.34. The molecule has 0 atom stereocenters. The monoisotopic (exact) mass is 169 g/mol. The van der Waals surface area contributed by atoms with Crippen molar-refractivity contribution < 1.29 is 0 Å². The van der Waals surface area contributed by atoms with E-state index in [2.05, 4.69) is 6.08 Å². The predicted octanol–water partition coefficient (Wildman–Crippen LogP) is 2.34. The lowest BCUT2D eigenvalue weighted by molar-refractivity contribution is 1.00. The van der Waals surface area contributed by atoms with Gasteiger partial charge in [0.15, 0.2) is 0 Å². The van der Waals surface area contributed by atoms with Crippen LogP contribution >= 0.6 is 11.6 Å². The first-order valence-corrected chi connectivity index (χ1v) is 4.13. The average Bonchev–Trinajstić information content (AvgIpc) is 1.98. The van der Waals surface area contributed by atoms with Gasteiger partial charge in [-0.2, -0.15) is 0 Å². The second kappa shape index (κ2) is 4.37. The molecule has 0 aromatic carbocycles. The van der Waals surface area contributed by atoms with E-state index in [9.17, 15) is 0 Å². The van der Waals surface area contributed by atoms with Crippen LogP contribution in [0.3, 0.4) is 0 Å². The molecule has 0 spiro atoms. The van der Waals surface area contributed by atoms with Crippen molar-refractivity contribution in [2.24, 2.45) is 5.73 Å². The van der Waals surface area contributed by atoms with E-state index in [-0.39, 0.29) is 0 Å². The lowest BCUT2D eigenvalue weighted by atomic mass is 10.1. The van der Waals surface area contributed by atoms with Gasteiger partial charge in [-0.15, -0.1) is 0 Å². The molecule has 0 aromatic rings. The van der Waals surface area contributed by atoms with Crippen molar-refractivity contribution in [2.45, 2.75) is 12.8 Å². The van der Waals surface area contributed by atoms with Gasteiger partial charge in [-0.1, -0.05) is 35.9 Å². The quantitative estimate of drug-likeness (QED) is 0.641. The molecule has 2 N–H and O–H groups in total. The summed E-state index contributed by atoms with van der Waals surface area (Å²) in [6, 6.07) is 0. The van der Waals surface area contributed by atoms with E-state index < -0.39 is 0 Å². The Kier molecular flexibility index (Phi) is 3.40. The highest BCUT2D eigenvalue weighted by Crippen LogP contribution is 2.18. The van der Waals surface area contributed by atoms with Crippen molar-refractivity contribution in [1.82, 2.24) is 0 Å². The Morgan fingerprint density at radius 2 is 2.27 bits per heavy atom. The number of hydrogen-bond donors (Lipinski definition) is 1. The van der Waals surface area contributed by atoms with Crippen LogP contribution in [0.15, 0.2) is 34.9 Å². The van der Waals surface area contributed by atoms with E-state index in [1.807, 2.05) is 18.2 Å². The highest BCUT2D eigenvalue weighted by molar-refractivity contribution is 6.30. The molecular formula is C9H12ClN. The molecule has 1 nitrogen and oxygen atoms in total. The van der Waals surface area contributed by atoms with Crippen molar-refractivity contribution in [1.29, 1.82) is 0 Å². The van der Waals surface area contributed by atoms with Crippen LogP contribution in [0.25, 0.3) is 0 Å². The van der Waals surface area contributed by atoms with Crippen LogP contribution in [0.1, 0.15) is 12.8 Å². The minimum atomic E-state index is 0.531. The zero-order valence-electron chi connectivity index (χ0n) is 6.39. The molecule has 0 heterocycles. The molecule has 0 fully saturated rings. The van der Waals surface area contributed by atoms with Gasteiger partial charge in [-0.3, -0.25) is 0 Å². The third-order valence-electron chi connectivity index (χ3n) is 1.64. The van der Waals surface area contributed by atoms with E-state index in [1.165, 1.54) is 0 Å². The minimum absolute atomic E-state index is 0.531. The zero-order chi connectivity index (χ0) is 8.10. The Morgan fingerprint density at radius 3 is 3.00 bits per heavy atom. The number of nitrogens with two attached hydrogens (primary N) is 1. The third kappa shape index (κ3) is 2.52. The van der Waals surface area contributed by atoms with E-state index >= 15 is 0 Å². The minimum Gasteiger partial charge on any atom is -0.326 e. The van der Waals surface area contributed by atoms with Gasteiger partial charge in [-0.25, -0.2) is 0 Å². The summed E-state index contributed by atoms with van der Waals surface area (Å²) < 4.78 is 0. The normalized spacial score (nSPS) is 30.7. The van der Waals surface area contributed by atoms with Gasteiger partial charge in [0.25, 0.3) is 0 Å². The molecule has 0 saturated carbocycles. The maximum absolute atomic E-state index is 5.97. The van der Waals surface area contributed by atoms with Gasteiger partial charge in [0.05, 0.1) is 0 Å². The highest BCUT2D eigenvalue weighted by atomic mass is 35.5. The maximum atomic E-state index is 5.97. The molecule has 0 aliphatic heterocycles. The average molecular weight is 170 g/mol. The topological polar surface area (TPSA) is 26.0 Å². The Morgan fingerprint density at radius 1 is 1.45 bits per heavy atom. The summed E-state index contributed by atoms with van der Waals surface area (Å²) in [5.74, 6) is 0. The van der Waals surface area contributed by atoms with Crippen molar-refractivity contribution >= 4 is 11.6 Å². The summed E-state index contributed by atoms with van der Waals surface area (Å²) >= 11 is 5.97. The summed E-state index contributed by atoms with van der Waals surface area (Å²) in [5, 5.41) is 0.896. The number of allylic oxidation sites excluding steroid dienone is 4. The Bertz CT molecular complexity index is 214. The fourth-order valence-corrected chi connectivity index (χ4v) is 1.24. The number of rotatable bonds is 1. The fourth-order valence-electron chi connectivity index (χ4n) is 0.986. The van der Waals surface area contributed by atoms with Gasteiger partial charge < -0.3 is 5.73 Å². The van der Waals surface area contributed by atoms with E-state index in [0.29, 0.717) is 6.54 Å². The summed E-state index contributed by atoms with van der Waals surface area (Å²) in [4.78, 5) is 0. The first-order valence-electron chi connectivity index (χ1n) is 3.75. The van der Waals surface area contributed by atoms with Crippen molar-refractivity contribution in [3.8, 4) is 0 Å². The largest absolute Gasteiger partial charge is 0.326 e. The lowest BCUT2D eigenvalue weighted by Gasteiger charge is -2.04. The van der Waals surface area contributed by atoms with Gasteiger partial charge >= 0.3 is 0 Å². The molecule has 0 radical (unpaired) electrons. The summed E-state index contributed by atoms with van der Waals surface area (Å²) in [6.07, 6.45) is 9.99. The second-order valence-corrected chi connectivity index (χ2v) is 2.92. The van der Waals surface area contributed by atoms with Gasteiger partial charge in [0, 0.05) is 11.6 Å². The summed E-state index contributed by atoms with van der Waals surface area (Å²) in [7, 11) is 0. The van der Waals surface area contributed by atoms with Crippen LogP contribution in [0.5, 0.6) is 0 Å². The predicted molar refractivity (Wildman–Crippen MR) is 49.4 cm³/mol. The maximum Gasteiger partial charge on any atom is 0.0228 e. The van der Waals surface area contributed by atoms with Crippen LogP contribution in [0.4, 0.5) is 0 Å². The molecule has 2 heteroatoms. The molecule has 60 valence electrons. The fraction of sp³-hybridized carbons (Fsp3) is 0.333. The van der Waals surface area contributed by atoms with Gasteiger partial charge in [0.2, 0.25) is 0 Å². The molecule has 0 aromatic heterocycles. The van der Waals surface area contributed by atoms with Crippen molar-refractivity contribution in [2.75, 3.05) is 6.54 Å². The van der Waals surface area contributed by atoms with E-state index in [4.69, 9.17) is 17.3 Å². The van der Waals surface area contributed by atoms with Gasteiger partial charge in [-0.05, 0) is 18.4 Å². The molecule has 1 aliphatic rings. The molecular weight excluding hydrogens is 158 g/mol. The van der Waals surface area contributed by atoms with Crippen LogP contribution in [0, 0.1) is 0 Å². The van der Waals surface area contributed by atoms with Crippen molar-refractivity contribution in [3.63, 3.8) is 0 Å². The van der Waals surface area contributed by atoms with Crippen LogP contribution in [-0.4, -0.2) is 6.54 Å². The SMILES string of the molecule is NCC1=C(\Cl)CC\C=C/C=C\1. The van der Waals surface area contributed by atoms with Crippen LogP contribution < -0.4 is 5.73 Å². The molecule has 0 saturated heterocycles. The smallest absolute Gasteiger partial charge is 0.0228 e. The van der Waals surface area contributed by atoms with Crippen LogP contribution in [-0.2, 0) is 0 Å². The molecule has 1 aliphatic carbocycles. The molecule has 0 bridgehead atoms. The van der Waals surface area contributed by atoms with E-state index in [0.717, 1.165) is 23.4 Å². The zero-order valence-corrected chi connectivity index (χ0v) is 7.14. The summed E-state index contributed by atoms with van der Waals surface area (Å²) in [6.45, 7) is 0.531. The summed E-state index contributed by atoms with van der Waals surface area (Å²) in [5.41, 5.74) is 6.55. The standard InChI is InChI=1S/C9H12ClN/c10-9-6-4-2-1-3-5-8(9)7-11/h1-3,5H,4,6-7,11H2/b2-1-,5-3-,9-8-. The van der Waals surface area contributed by atoms with Gasteiger partial charge in [0.1, 0.15) is 0 Å². The number of halogens is 1. The molecule has 1 rings (SSSR count). The first kappa shape index (κ1) is 8.57. The Balaban J connectivity index is 2.80. The number of hydrogen-bond acceptors (Lipinski definition) is 1. The molecule has 11 heavy (non-hydrogen) atoms. The molecule has 0 amide bonds.